The van der Waals surface area contributed by atoms with Gasteiger partial charge in [0.25, 0.3) is 0 Å². The van der Waals surface area contributed by atoms with Crippen LogP contribution in [0.3, 0.4) is 0 Å². The van der Waals surface area contributed by atoms with Crippen LogP contribution in [0.5, 0.6) is 0 Å². The van der Waals surface area contributed by atoms with E-state index < -0.39 is 58.0 Å². The Morgan fingerprint density at radius 1 is 0.298 bits per heavy atom. The van der Waals surface area contributed by atoms with Crippen LogP contribution in [0.1, 0.15) is 264 Å². The lowest BCUT2D eigenvalue weighted by molar-refractivity contribution is -0.158. The Labute approximate surface area is 696 Å². The standard InChI is InChI=1S/4C14H18ClNO3.2C14H16ClNO3/c6*1-14(2,3)19-12(17)6-9-4-8-5-11(15)16-7-10(8)13(9)18/h4*5,7,9,13,18H,4,6H2,1-3H3;2*5,7,9H,4,6H2,1-3H3/t2*9-,13+;2*9-,13-;9-;/m10100./s1. The highest BCUT2D eigenvalue weighted by Gasteiger charge is 2.41. The lowest BCUT2D eigenvalue weighted by Crippen LogP contribution is -2.26. The first kappa shape index (κ1) is 93.8. The van der Waals surface area contributed by atoms with Gasteiger partial charge in [-0.05, 0) is 233 Å². The van der Waals surface area contributed by atoms with E-state index in [1.807, 2.05) is 83.1 Å². The van der Waals surface area contributed by atoms with Crippen molar-refractivity contribution in [3.8, 4) is 0 Å². The third-order valence-electron chi connectivity index (χ3n) is 18.1. The van der Waals surface area contributed by atoms with Gasteiger partial charge in [0.2, 0.25) is 0 Å². The monoisotopic (exact) mass is 1690 g/mol. The third-order valence-corrected chi connectivity index (χ3v) is 19.4. The number of hydrogen-bond acceptors (Lipinski definition) is 24. The minimum atomic E-state index is -0.674. The van der Waals surface area contributed by atoms with Crippen LogP contribution < -0.4 is 0 Å². The molecule has 0 aromatic carbocycles. The van der Waals surface area contributed by atoms with Gasteiger partial charge < -0.3 is 48.8 Å². The summed E-state index contributed by atoms with van der Waals surface area (Å²) in [5.74, 6) is -3.31. The molecule has 10 atom stereocenters. The van der Waals surface area contributed by atoms with E-state index in [9.17, 15) is 58.8 Å². The van der Waals surface area contributed by atoms with Gasteiger partial charge in [-0.1, -0.05) is 69.6 Å². The smallest absolute Gasteiger partial charge is 0.307 e. The lowest BCUT2D eigenvalue weighted by atomic mass is 10.00. The molecule has 0 spiro atoms. The molecule has 6 heterocycles. The highest BCUT2D eigenvalue weighted by Crippen LogP contribution is 2.43. The molecule has 0 fully saturated rings. The molecule has 6 aromatic heterocycles. The summed E-state index contributed by atoms with van der Waals surface area (Å²) in [6.45, 7) is 32.8. The second kappa shape index (κ2) is 38.8. The van der Waals surface area contributed by atoms with E-state index in [0.29, 0.717) is 80.6 Å². The molecule has 114 heavy (non-hydrogen) atoms. The van der Waals surface area contributed by atoms with Crippen LogP contribution in [0.15, 0.2) is 73.6 Å². The SMILES string of the molecule is CC(C)(C)OC(=O)CC1Cc2cc(Cl)ncc2C1=O.CC(C)(C)OC(=O)C[C@@H]1Cc2cc(Cl)ncc2C1=O.CC(C)(C)OC(=O)C[C@@H]1Cc2cc(Cl)ncc2[C@@H]1O.CC(C)(C)OC(=O)C[C@@H]1Cc2cc(Cl)ncc2[C@H]1O.CC(C)(C)OC(=O)C[C@H]1Cc2cc(Cl)ncc2[C@@H]1O.CC(C)(C)OC(=O)C[C@H]1Cc2cc(Cl)ncc2[C@H]1O. The van der Waals surface area contributed by atoms with Gasteiger partial charge in [0.05, 0.1) is 62.9 Å². The molecule has 6 aliphatic carbocycles. The molecular formula is C84H104Cl6N6O18. The number of aliphatic hydroxyl groups is 4. The van der Waals surface area contributed by atoms with Crippen LogP contribution >= 0.6 is 69.6 Å². The molecule has 4 N–H and O–H groups in total. The van der Waals surface area contributed by atoms with Gasteiger partial charge in [0.15, 0.2) is 11.6 Å². The van der Waals surface area contributed by atoms with Crippen molar-refractivity contribution in [2.75, 3.05) is 0 Å². The Bertz CT molecular complexity index is 4040. The molecule has 0 aliphatic heterocycles. The van der Waals surface area contributed by atoms with Gasteiger partial charge in [-0.2, -0.15) is 0 Å². The summed E-state index contributed by atoms with van der Waals surface area (Å²) in [5, 5.41) is 43.1. The fraction of sp³-hybridized carbons (Fsp3) is 0.548. The summed E-state index contributed by atoms with van der Waals surface area (Å²) in [4.78, 5) is 119. The lowest BCUT2D eigenvalue weighted by Gasteiger charge is -2.21. The number of esters is 6. The normalized spacial score (nSPS) is 20.9. The van der Waals surface area contributed by atoms with Crippen LogP contribution in [0.25, 0.3) is 0 Å². The predicted molar refractivity (Wildman–Crippen MR) is 430 cm³/mol. The van der Waals surface area contributed by atoms with Crippen molar-refractivity contribution in [3.63, 3.8) is 0 Å². The average molecular weight is 1700 g/mol. The van der Waals surface area contributed by atoms with Crippen LogP contribution in [0, 0.1) is 35.5 Å². The van der Waals surface area contributed by atoms with Crippen molar-refractivity contribution in [1.82, 2.24) is 29.9 Å². The van der Waals surface area contributed by atoms with Crippen molar-refractivity contribution in [3.05, 3.63) is 171 Å². The number of aromatic nitrogens is 6. The van der Waals surface area contributed by atoms with Gasteiger partial charge >= 0.3 is 35.8 Å². The zero-order chi connectivity index (χ0) is 85.2. The summed E-state index contributed by atoms with van der Waals surface area (Å²) < 4.78 is 31.6. The van der Waals surface area contributed by atoms with Gasteiger partial charge in [0, 0.05) is 106 Å². The van der Waals surface area contributed by atoms with Crippen molar-refractivity contribution < 1.29 is 87.2 Å². The Hall–Kier alpha value is -7.36. The highest BCUT2D eigenvalue weighted by atomic mass is 35.5. The zero-order valence-corrected chi connectivity index (χ0v) is 72.2. The summed E-state index contributed by atoms with van der Waals surface area (Å²) in [7, 11) is 0. The van der Waals surface area contributed by atoms with Crippen molar-refractivity contribution in [1.29, 1.82) is 0 Å². The van der Waals surface area contributed by atoms with Gasteiger partial charge in [-0.25, -0.2) is 29.9 Å². The minimum Gasteiger partial charge on any atom is -0.460 e. The first-order valence-corrected chi connectivity index (χ1v) is 39.8. The molecule has 0 amide bonds. The number of carbonyl (C=O) groups excluding carboxylic acids is 8. The fourth-order valence-corrected chi connectivity index (χ4v) is 14.9. The van der Waals surface area contributed by atoms with E-state index in [1.165, 1.54) is 12.4 Å². The van der Waals surface area contributed by atoms with Crippen LogP contribution in [0.2, 0.25) is 30.9 Å². The molecule has 6 aliphatic rings. The van der Waals surface area contributed by atoms with E-state index in [4.69, 9.17) is 98.0 Å². The highest BCUT2D eigenvalue weighted by molar-refractivity contribution is 6.31. The summed E-state index contributed by atoms with van der Waals surface area (Å²) >= 11 is 34.9. The Morgan fingerprint density at radius 2 is 0.474 bits per heavy atom. The number of hydrogen-bond donors (Lipinski definition) is 4. The molecular weight excluding hydrogens is 1590 g/mol. The van der Waals surface area contributed by atoms with E-state index in [-0.39, 0.29) is 121 Å². The average Bonchev–Trinajstić information content (AvgIpc) is 1.70. The molecule has 6 aromatic rings. The van der Waals surface area contributed by atoms with E-state index >= 15 is 0 Å². The number of rotatable bonds is 12. The molecule has 0 bridgehead atoms. The van der Waals surface area contributed by atoms with Crippen LogP contribution in [-0.2, 0) is 95.7 Å². The zero-order valence-electron chi connectivity index (χ0n) is 67.6. The van der Waals surface area contributed by atoms with Crippen molar-refractivity contribution in [2.45, 2.75) is 260 Å². The number of carbonyl (C=O) groups is 8. The maximum absolute atomic E-state index is 12.1. The number of ether oxygens (including phenoxy) is 6. The van der Waals surface area contributed by atoms with E-state index in [1.54, 1.807) is 103 Å². The molecule has 0 saturated carbocycles. The second-order valence-electron chi connectivity index (χ2n) is 35.1. The summed E-state index contributed by atoms with van der Waals surface area (Å²) in [5.41, 5.74) is 6.67. The summed E-state index contributed by atoms with van der Waals surface area (Å²) in [6, 6.07) is 10.3. The number of pyridine rings is 6. The van der Waals surface area contributed by atoms with Gasteiger partial charge in [0.1, 0.15) is 64.5 Å². The molecule has 1 unspecified atom stereocenters. The topological polar surface area (TPSA) is 350 Å². The maximum atomic E-state index is 12.1. The molecule has 0 radical (unpaired) electrons. The van der Waals surface area contributed by atoms with E-state index in [2.05, 4.69) is 29.9 Å². The molecule has 0 saturated heterocycles. The largest absolute Gasteiger partial charge is 0.460 e. The molecule has 12 rings (SSSR count). The van der Waals surface area contributed by atoms with Gasteiger partial charge in [-0.3, -0.25) is 38.4 Å². The Kier molecular flexibility index (Phi) is 31.9. The third kappa shape index (κ3) is 29.1. The number of ketones is 2. The quantitative estimate of drug-likeness (QED) is 0.0502. The van der Waals surface area contributed by atoms with Crippen molar-refractivity contribution >= 4 is 117 Å². The van der Waals surface area contributed by atoms with E-state index in [0.717, 1.165) is 55.6 Å². The van der Waals surface area contributed by atoms with Crippen molar-refractivity contribution in [2.24, 2.45) is 35.5 Å². The second-order valence-corrected chi connectivity index (χ2v) is 37.4. The number of nitrogens with zero attached hydrogens (tertiary/aromatic N) is 6. The first-order chi connectivity index (χ1) is 52.6. The summed E-state index contributed by atoms with van der Waals surface area (Å²) in [6.07, 6.45) is 11.1. The molecule has 24 nitrogen and oxygen atoms in total. The van der Waals surface area contributed by atoms with Crippen LogP contribution in [-0.4, -0.2) is 131 Å². The number of Topliss-reactive ketones (excluding diaryl/α,β-unsaturated/α-hetero) is 2. The first-order valence-electron chi connectivity index (χ1n) is 37.5. The molecule has 620 valence electrons. The van der Waals surface area contributed by atoms with Gasteiger partial charge in [-0.15, -0.1) is 0 Å². The number of aliphatic hydroxyl groups excluding tert-OH is 4. The Balaban J connectivity index is 0.000000189. The fourth-order valence-electron chi connectivity index (χ4n) is 13.8. The van der Waals surface area contributed by atoms with Crippen LogP contribution in [0.4, 0.5) is 0 Å². The Morgan fingerprint density at radius 3 is 0.667 bits per heavy atom. The molecule has 30 heteroatoms. The predicted octanol–water partition coefficient (Wildman–Crippen LogP) is 16.3. The number of fused-ring (bicyclic) bond motifs is 6. The number of halogens is 6. The minimum absolute atomic E-state index is 0.0509. The maximum Gasteiger partial charge on any atom is 0.307 e.